The minimum absolute atomic E-state index is 0.0364. The molecule has 8 atom stereocenters. The SMILES string of the molecule is CCOCOC[C@H](C)OP(=O)(CCN(C)COCC1C2CN(CC3CCC(F)CC3)COCC2C(O)C2C1CCCN2C)OC1CCCCC1. The highest BCUT2D eigenvalue weighted by Crippen LogP contribution is 2.52. The summed E-state index contributed by atoms with van der Waals surface area (Å²) in [7, 11) is 0.762. The summed E-state index contributed by atoms with van der Waals surface area (Å²) < 4.78 is 64.0. The summed E-state index contributed by atoms with van der Waals surface area (Å²) in [5.41, 5.74) is 0. The molecule has 11 nitrogen and oxygen atoms in total. The highest BCUT2D eigenvalue weighted by Gasteiger charge is 2.53. The van der Waals surface area contributed by atoms with Crippen molar-refractivity contribution in [3.8, 4) is 0 Å². The quantitative estimate of drug-likeness (QED) is 0.108. The predicted octanol–water partition coefficient (Wildman–Crippen LogP) is 5.60. The average Bonchev–Trinajstić information content (AvgIpc) is 3.31. The van der Waals surface area contributed by atoms with Crippen molar-refractivity contribution in [2.75, 3.05) is 93.1 Å². The molecule has 0 aromatic heterocycles. The number of rotatable bonds is 18. The summed E-state index contributed by atoms with van der Waals surface area (Å²) in [6, 6.07) is 0.103. The molecule has 0 radical (unpaired) electrons. The Balaban J connectivity index is 1.18. The van der Waals surface area contributed by atoms with E-state index >= 15 is 0 Å². The first-order valence-electron chi connectivity index (χ1n) is 19.9. The highest BCUT2D eigenvalue weighted by molar-refractivity contribution is 7.53. The van der Waals surface area contributed by atoms with Gasteiger partial charge in [0.25, 0.3) is 0 Å². The van der Waals surface area contributed by atoms with Crippen molar-refractivity contribution in [2.45, 2.75) is 115 Å². The minimum Gasteiger partial charge on any atom is -0.391 e. The van der Waals surface area contributed by atoms with Crippen molar-refractivity contribution >= 4 is 7.60 Å². The fourth-order valence-corrected chi connectivity index (χ4v) is 11.6. The number of fused-ring (bicyclic) bond motifs is 2. The zero-order chi connectivity index (χ0) is 35.5. The molecule has 50 heavy (non-hydrogen) atoms. The van der Waals surface area contributed by atoms with Crippen LogP contribution in [0.4, 0.5) is 4.39 Å². The molecule has 5 aliphatic rings. The zero-order valence-electron chi connectivity index (χ0n) is 31.5. The number of likely N-dealkylation sites (N-methyl/N-ethyl adjacent to an activating group) is 1. The lowest BCUT2D eigenvalue weighted by atomic mass is 9.60. The largest absolute Gasteiger partial charge is 0.391 e. The summed E-state index contributed by atoms with van der Waals surface area (Å²) >= 11 is 0. The van der Waals surface area contributed by atoms with Gasteiger partial charge in [0.2, 0.25) is 0 Å². The van der Waals surface area contributed by atoms with Crippen molar-refractivity contribution in [1.82, 2.24) is 14.7 Å². The molecule has 0 amide bonds. The Bertz CT molecular complexity index is 1020. The number of hydrogen-bond acceptors (Lipinski definition) is 11. The van der Waals surface area contributed by atoms with E-state index in [1.165, 1.54) is 6.42 Å². The molecule has 2 aliphatic heterocycles. The Hall–Kier alpha value is -0.240. The molecule has 2 heterocycles. The standard InChI is InChI=1S/C37H69FN3O8P/c1-5-44-27-47-22-28(2)48-50(43,49-31-10-7-6-8-11-31)19-18-39(3)25-45-23-34-32-12-9-17-40(4)36(32)37(42)35-24-46-26-41(21-33(34)35)20-29-13-15-30(38)16-14-29/h28-37,42H,5-27H2,1-4H3/t28-,29?,30?,32?,33?,34?,35?,36?,37?,50?/m0/s1. The summed E-state index contributed by atoms with van der Waals surface area (Å²) in [6.45, 7) is 10.3. The van der Waals surface area contributed by atoms with E-state index in [4.69, 9.17) is 28.0 Å². The number of ether oxygens (including phenoxy) is 4. The van der Waals surface area contributed by atoms with Gasteiger partial charge in [0.15, 0.2) is 0 Å². The molecule has 5 rings (SSSR count). The number of aliphatic hydroxyl groups is 1. The third-order valence-corrected chi connectivity index (χ3v) is 14.1. The van der Waals surface area contributed by atoms with Crippen molar-refractivity contribution in [1.29, 1.82) is 0 Å². The normalized spacial score (nSPS) is 35.3. The van der Waals surface area contributed by atoms with E-state index in [9.17, 15) is 14.1 Å². The number of halogens is 1. The molecule has 3 aliphatic carbocycles. The highest BCUT2D eigenvalue weighted by atomic mass is 31.2. The number of nitrogens with zero attached hydrogens (tertiary/aromatic N) is 3. The van der Waals surface area contributed by atoms with E-state index < -0.39 is 19.9 Å². The lowest BCUT2D eigenvalue weighted by Gasteiger charge is -2.54. The number of piperidine rings is 1. The van der Waals surface area contributed by atoms with Crippen LogP contribution in [0.3, 0.4) is 0 Å². The monoisotopic (exact) mass is 733 g/mol. The Morgan fingerprint density at radius 2 is 1.78 bits per heavy atom. The molecule has 0 spiro atoms. The molecule has 1 N–H and O–H groups in total. The van der Waals surface area contributed by atoms with E-state index in [0.29, 0.717) is 64.5 Å². The van der Waals surface area contributed by atoms with Crippen LogP contribution in [0.5, 0.6) is 0 Å². The maximum atomic E-state index is 14.1. The van der Waals surface area contributed by atoms with Gasteiger partial charge in [-0.3, -0.25) is 14.4 Å². The summed E-state index contributed by atoms with van der Waals surface area (Å²) in [5.74, 6) is 1.44. The van der Waals surface area contributed by atoms with E-state index in [2.05, 4.69) is 21.7 Å². The number of likely N-dealkylation sites (tertiary alicyclic amines) is 1. The Morgan fingerprint density at radius 1 is 1.00 bits per heavy atom. The van der Waals surface area contributed by atoms with Crippen LogP contribution in [0.25, 0.3) is 0 Å². The summed E-state index contributed by atoms with van der Waals surface area (Å²) in [6.07, 6.45) is 9.41. The third-order valence-electron chi connectivity index (χ3n) is 12.1. The smallest absolute Gasteiger partial charge is 0.332 e. The maximum Gasteiger partial charge on any atom is 0.332 e. The van der Waals surface area contributed by atoms with Gasteiger partial charge in [-0.2, -0.15) is 0 Å². The Kier molecular flexibility index (Phi) is 16.7. The predicted molar refractivity (Wildman–Crippen MR) is 192 cm³/mol. The minimum atomic E-state index is -3.39. The number of hydrogen-bond donors (Lipinski definition) is 1. The van der Waals surface area contributed by atoms with Gasteiger partial charge in [-0.05, 0) is 110 Å². The van der Waals surface area contributed by atoms with Crippen LogP contribution in [0.1, 0.15) is 84.5 Å². The van der Waals surface area contributed by atoms with E-state index in [0.717, 1.165) is 71.0 Å². The van der Waals surface area contributed by atoms with Gasteiger partial charge in [-0.25, -0.2) is 4.39 Å². The summed E-state index contributed by atoms with van der Waals surface area (Å²) in [5, 5.41) is 11.8. The van der Waals surface area contributed by atoms with Crippen molar-refractivity contribution < 1.29 is 42.1 Å². The second-order valence-electron chi connectivity index (χ2n) is 16.1. The van der Waals surface area contributed by atoms with Crippen LogP contribution in [0.2, 0.25) is 0 Å². The van der Waals surface area contributed by atoms with Crippen LogP contribution in [0.15, 0.2) is 0 Å². The van der Waals surface area contributed by atoms with Gasteiger partial charge in [0, 0.05) is 38.2 Å². The van der Waals surface area contributed by atoms with Gasteiger partial charge in [0.05, 0.1) is 57.8 Å². The first-order chi connectivity index (χ1) is 24.2. The van der Waals surface area contributed by atoms with Crippen LogP contribution in [0, 0.1) is 29.6 Å². The first-order valence-corrected chi connectivity index (χ1v) is 21.6. The second kappa shape index (κ2) is 20.4. The van der Waals surface area contributed by atoms with Crippen LogP contribution in [-0.2, 0) is 32.6 Å². The average molecular weight is 734 g/mol. The lowest BCUT2D eigenvalue weighted by molar-refractivity contribution is -0.139. The van der Waals surface area contributed by atoms with E-state index in [1.54, 1.807) is 0 Å². The summed E-state index contributed by atoms with van der Waals surface area (Å²) in [4.78, 5) is 6.86. The molecule has 292 valence electrons. The molecule has 0 aromatic carbocycles. The molecule has 13 heteroatoms. The Labute approximate surface area is 301 Å². The molecule has 0 aromatic rings. The van der Waals surface area contributed by atoms with Crippen LogP contribution in [-0.4, -0.2) is 143 Å². The zero-order valence-corrected chi connectivity index (χ0v) is 32.4. The number of aliphatic hydroxyl groups excluding tert-OH is 1. The molecular formula is C37H69FN3O8P. The fourth-order valence-electron chi connectivity index (χ4n) is 9.44. The lowest BCUT2D eigenvalue weighted by Crippen LogP contribution is -2.63. The molecule has 5 fully saturated rings. The van der Waals surface area contributed by atoms with Crippen molar-refractivity contribution in [3.05, 3.63) is 0 Å². The topological polar surface area (TPSA) is 102 Å². The molecule has 0 bridgehead atoms. The van der Waals surface area contributed by atoms with Crippen molar-refractivity contribution in [3.63, 3.8) is 0 Å². The second-order valence-corrected chi connectivity index (χ2v) is 18.2. The van der Waals surface area contributed by atoms with Crippen molar-refractivity contribution in [2.24, 2.45) is 29.6 Å². The maximum absolute atomic E-state index is 14.1. The van der Waals surface area contributed by atoms with Gasteiger partial charge in [-0.1, -0.05) is 19.3 Å². The van der Waals surface area contributed by atoms with Gasteiger partial charge >= 0.3 is 7.60 Å². The molecule has 3 saturated carbocycles. The van der Waals surface area contributed by atoms with Gasteiger partial charge in [-0.15, -0.1) is 0 Å². The molecular weight excluding hydrogens is 664 g/mol. The molecule has 2 saturated heterocycles. The Morgan fingerprint density at radius 3 is 2.54 bits per heavy atom. The third kappa shape index (κ3) is 11.9. The van der Waals surface area contributed by atoms with Crippen LogP contribution < -0.4 is 0 Å². The van der Waals surface area contributed by atoms with Crippen LogP contribution >= 0.6 is 7.60 Å². The van der Waals surface area contributed by atoms with Gasteiger partial charge in [0.1, 0.15) is 13.0 Å². The van der Waals surface area contributed by atoms with E-state index in [1.807, 2.05) is 20.9 Å². The first kappa shape index (κ1) is 40.9. The van der Waals surface area contributed by atoms with E-state index in [-0.39, 0.29) is 55.6 Å². The molecule has 7 unspecified atom stereocenters. The fraction of sp³-hybridized carbons (Fsp3) is 1.00. The number of alkyl halides is 1. The van der Waals surface area contributed by atoms with Gasteiger partial charge < -0.3 is 38.0 Å².